The highest BCUT2D eigenvalue weighted by Crippen LogP contribution is 2.33. The van der Waals surface area contributed by atoms with E-state index in [1.54, 1.807) is 36.5 Å². The molecular weight excluding hydrogens is 472 g/mol. The molecule has 0 aliphatic heterocycles. The number of furan rings is 1. The van der Waals surface area contributed by atoms with E-state index in [0.717, 1.165) is 26.0 Å². The Labute approximate surface area is 202 Å². The molecule has 0 fully saturated rings. The first-order chi connectivity index (χ1) is 16.5. The SMILES string of the molecule is Cc1nnc(SCc2c(C(=O)Nc3ccc(-n4ccc(C(N)=O)n4)cc3)oc3ccccc23)s1. The number of carbonyl (C=O) groups excluding carboxylic acids is 2. The summed E-state index contributed by atoms with van der Waals surface area (Å²) in [4.78, 5) is 24.4. The first kappa shape index (κ1) is 21.9. The fourth-order valence-electron chi connectivity index (χ4n) is 3.38. The van der Waals surface area contributed by atoms with E-state index in [4.69, 9.17) is 10.2 Å². The minimum atomic E-state index is -0.594. The molecule has 3 aromatic heterocycles. The van der Waals surface area contributed by atoms with Gasteiger partial charge in [0.25, 0.3) is 11.8 Å². The van der Waals surface area contributed by atoms with E-state index in [2.05, 4.69) is 20.6 Å². The van der Waals surface area contributed by atoms with E-state index in [0.29, 0.717) is 17.0 Å². The van der Waals surface area contributed by atoms with Crippen LogP contribution >= 0.6 is 23.1 Å². The van der Waals surface area contributed by atoms with Gasteiger partial charge in [-0.15, -0.1) is 10.2 Å². The molecule has 3 heterocycles. The van der Waals surface area contributed by atoms with E-state index < -0.39 is 5.91 Å². The average Bonchev–Trinajstić information content (AvgIpc) is 3.56. The third-order valence-electron chi connectivity index (χ3n) is 4.98. The summed E-state index contributed by atoms with van der Waals surface area (Å²) in [6.07, 6.45) is 1.64. The van der Waals surface area contributed by atoms with Gasteiger partial charge in [0.2, 0.25) is 0 Å². The van der Waals surface area contributed by atoms with Gasteiger partial charge in [-0.3, -0.25) is 9.59 Å². The zero-order chi connectivity index (χ0) is 23.7. The van der Waals surface area contributed by atoms with Gasteiger partial charge in [-0.25, -0.2) is 4.68 Å². The molecule has 0 spiro atoms. The lowest BCUT2D eigenvalue weighted by Crippen LogP contribution is -2.13. The minimum Gasteiger partial charge on any atom is -0.451 e. The average molecular weight is 491 g/mol. The predicted octanol–water partition coefficient (Wildman–Crippen LogP) is 4.42. The van der Waals surface area contributed by atoms with Gasteiger partial charge in [0.05, 0.1) is 5.69 Å². The monoisotopic (exact) mass is 490 g/mol. The van der Waals surface area contributed by atoms with Crippen LogP contribution in [0.5, 0.6) is 0 Å². The summed E-state index contributed by atoms with van der Waals surface area (Å²) in [7, 11) is 0. The third kappa shape index (κ3) is 4.43. The van der Waals surface area contributed by atoms with Crippen LogP contribution in [0.2, 0.25) is 0 Å². The number of aryl methyl sites for hydroxylation is 1. The van der Waals surface area contributed by atoms with Crippen LogP contribution in [0.15, 0.2) is 69.6 Å². The molecule has 0 unspecified atom stereocenters. The first-order valence-corrected chi connectivity index (χ1v) is 12.0. The van der Waals surface area contributed by atoms with Gasteiger partial charge >= 0.3 is 0 Å². The molecule has 170 valence electrons. The number of hydrogen-bond acceptors (Lipinski definition) is 8. The fourth-order valence-corrected chi connectivity index (χ4v) is 5.22. The molecule has 0 atom stereocenters. The molecule has 34 heavy (non-hydrogen) atoms. The first-order valence-electron chi connectivity index (χ1n) is 10.2. The van der Waals surface area contributed by atoms with Crippen LogP contribution < -0.4 is 11.1 Å². The van der Waals surface area contributed by atoms with Crippen LogP contribution in [-0.4, -0.2) is 31.8 Å². The zero-order valence-electron chi connectivity index (χ0n) is 17.9. The summed E-state index contributed by atoms with van der Waals surface area (Å²) >= 11 is 3.03. The van der Waals surface area contributed by atoms with Crippen LogP contribution in [0.3, 0.4) is 0 Å². The number of thioether (sulfide) groups is 1. The number of para-hydroxylation sites is 1. The molecule has 9 nitrogen and oxygen atoms in total. The van der Waals surface area contributed by atoms with Crippen molar-refractivity contribution in [3.63, 3.8) is 0 Å². The normalized spacial score (nSPS) is 11.1. The second kappa shape index (κ2) is 9.12. The Morgan fingerprint density at radius 3 is 2.62 bits per heavy atom. The van der Waals surface area contributed by atoms with Crippen molar-refractivity contribution in [1.82, 2.24) is 20.0 Å². The lowest BCUT2D eigenvalue weighted by atomic mass is 10.1. The van der Waals surface area contributed by atoms with Crippen molar-refractivity contribution in [2.75, 3.05) is 5.32 Å². The quantitative estimate of drug-likeness (QED) is 0.323. The molecule has 0 aliphatic carbocycles. The lowest BCUT2D eigenvalue weighted by Gasteiger charge is -2.07. The number of rotatable bonds is 7. The summed E-state index contributed by atoms with van der Waals surface area (Å²) in [5, 5.41) is 17.0. The summed E-state index contributed by atoms with van der Waals surface area (Å²) in [6.45, 7) is 1.90. The van der Waals surface area contributed by atoms with Crippen LogP contribution in [0, 0.1) is 6.92 Å². The number of nitrogens with two attached hydrogens (primary N) is 1. The van der Waals surface area contributed by atoms with Crippen LogP contribution in [0.1, 0.15) is 31.6 Å². The molecule has 0 radical (unpaired) electrons. The number of primary amides is 1. The fraction of sp³-hybridized carbons (Fsp3) is 0.0870. The summed E-state index contributed by atoms with van der Waals surface area (Å²) in [6, 6.07) is 16.2. The van der Waals surface area contributed by atoms with Gasteiger partial charge in [-0.05, 0) is 43.3 Å². The number of benzene rings is 2. The highest BCUT2D eigenvalue weighted by Gasteiger charge is 2.21. The number of hydrogen-bond donors (Lipinski definition) is 2. The molecule has 0 saturated heterocycles. The summed E-state index contributed by atoms with van der Waals surface area (Å²) < 4.78 is 8.30. The summed E-state index contributed by atoms with van der Waals surface area (Å²) in [5.41, 5.74) is 8.20. The predicted molar refractivity (Wildman–Crippen MR) is 130 cm³/mol. The van der Waals surface area contributed by atoms with Crippen molar-refractivity contribution >= 4 is 51.6 Å². The number of fused-ring (bicyclic) bond motifs is 1. The van der Waals surface area contributed by atoms with Crippen molar-refractivity contribution in [2.24, 2.45) is 5.73 Å². The number of nitrogens with one attached hydrogen (secondary N) is 1. The zero-order valence-corrected chi connectivity index (χ0v) is 19.5. The molecular formula is C23H18N6O3S2. The Morgan fingerprint density at radius 2 is 1.91 bits per heavy atom. The van der Waals surface area contributed by atoms with E-state index in [1.165, 1.54) is 27.8 Å². The molecule has 0 aliphatic rings. The van der Waals surface area contributed by atoms with Crippen LogP contribution in [0.4, 0.5) is 5.69 Å². The lowest BCUT2D eigenvalue weighted by molar-refractivity contribution is 0.0988. The van der Waals surface area contributed by atoms with Crippen molar-refractivity contribution < 1.29 is 14.0 Å². The molecule has 5 rings (SSSR count). The molecule has 5 aromatic rings. The van der Waals surface area contributed by atoms with Gasteiger partial charge < -0.3 is 15.5 Å². The van der Waals surface area contributed by atoms with Crippen LogP contribution in [0.25, 0.3) is 16.7 Å². The van der Waals surface area contributed by atoms with Gasteiger partial charge in [-0.2, -0.15) is 5.10 Å². The Morgan fingerprint density at radius 1 is 1.12 bits per heavy atom. The van der Waals surface area contributed by atoms with Gasteiger partial charge in [0, 0.05) is 28.6 Å². The molecule has 11 heteroatoms. The number of amides is 2. The van der Waals surface area contributed by atoms with Crippen molar-refractivity contribution in [1.29, 1.82) is 0 Å². The Hall–Kier alpha value is -3.96. The topological polar surface area (TPSA) is 129 Å². The Kier molecular flexibility index (Phi) is 5.86. The Bertz CT molecular complexity index is 1500. The maximum absolute atomic E-state index is 13.1. The van der Waals surface area contributed by atoms with E-state index in [9.17, 15) is 9.59 Å². The molecule has 2 amide bonds. The largest absolute Gasteiger partial charge is 0.451 e. The van der Waals surface area contributed by atoms with Gasteiger partial charge in [-0.1, -0.05) is 41.3 Å². The van der Waals surface area contributed by atoms with Gasteiger partial charge in [0.1, 0.15) is 16.3 Å². The highest BCUT2D eigenvalue weighted by atomic mass is 32.2. The van der Waals surface area contributed by atoms with E-state index >= 15 is 0 Å². The highest BCUT2D eigenvalue weighted by molar-refractivity contribution is 8.00. The maximum Gasteiger partial charge on any atom is 0.291 e. The van der Waals surface area contributed by atoms with Crippen molar-refractivity contribution in [2.45, 2.75) is 17.0 Å². The van der Waals surface area contributed by atoms with Crippen LogP contribution in [-0.2, 0) is 5.75 Å². The Balaban J connectivity index is 1.37. The van der Waals surface area contributed by atoms with E-state index in [1.807, 2.05) is 31.2 Å². The maximum atomic E-state index is 13.1. The standard InChI is InChI=1S/C23H18N6O3S2/c1-13-26-27-23(34-13)33-12-17-16-4-2-3-5-19(16)32-20(17)22(31)25-14-6-8-15(9-7-14)29-11-10-18(28-29)21(24)30/h2-11H,12H2,1H3,(H2,24,30)(H,25,31). The second-order valence-electron chi connectivity index (χ2n) is 7.29. The van der Waals surface area contributed by atoms with Crippen molar-refractivity contribution in [3.8, 4) is 5.69 Å². The number of nitrogens with zero attached hydrogens (tertiary/aromatic N) is 4. The second-order valence-corrected chi connectivity index (χ2v) is 9.70. The summed E-state index contributed by atoms with van der Waals surface area (Å²) in [5.74, 6) is -0.154. The van der Waals surface area contributed by atoms with Gasteiger partial charge in [0.15, 0.2) is 10.1 Å². The molecule has 0 bridgehead atoms. The molecule has 3 N–H and O–H groups in total. The molecule has 2 aromatic carbocycles. The number of aromatic nitrogens is 4. The van der Waals surface area contributed by atoms with E-state index in [-0.39, 0.29) is 17.4 Å². The van der Waals surface area contributed by atoms with Crippen molar-refractivity contribution in [3.05, 3.63) is 82.8 Å². The smallest absolute Gasteiger partial charge is 0.291 e. The number of anilines is 1. The number of carbonyl (C=O) groups is 2. The molecule has 0 saturated carbocycles. The third-order valence-corrected chi connectivity index (χ3v) is 6.98. The minimum absolute atomic E-state index is 0.177.